The summed E-state index contributed by atoms with van der Waals surface area (Å²) >= 11 is 6.04. The van der Waals surface area contributed by atoms with Crippen LogP contribution in [0, 0.1) is 0 Å². The first-order valence-corrected chi connectivity index (χ1v) is 6.75. The molecule has 0 fully saturated rings. The van der Waals surface area contributed by atoms with Gasteiger partial charge in [-0.2, -0.15) is 0 Å². The molecule has 0 spiro atoms. The minimum atomic E-state index is 0.611. The standard InChI is InChI=1S/C15H18ClNO2/c1-3-7-17-10-15-12(6-8-19-15)11-4-5-13(16)14(9-11)18-2/h4-6,8-9,17H,3,7,10H2,1-2H3. The largest absolute Gasteiger partial charge is 0.495 e. The van der Waals surface area contributed by atoms with Crippen LogP contribution in [-0.2, 0) is 6.54 Å². The van der Waals surface area contributed by atoms with Crippen LogP contribution in [0.4, 0.5) is 0 Å². The average molecular weight is 280 g/mol. The second kappa shape index (κ2) is 6.64. The van der Waals surface area contributed by atoms with Crippen molar-refractivity contribution in [2.24, 2.45) is 0 Å². The molecule has 2 rings (SSSR count). The summed E-state index contributed by atoms with van der Waals surface area (Å²) < 4.78 is 10.8. The minimum absolute atomic E-state index is 0.611. The zero-order valence-corrected chi connectivity index (χ0v) is 12.0. The molecule has 102 valence electrons. The summed E-state index contributed by atoms with van der Waals surface area (Å²) in [6, 6.07) is 7.70. The van der Waals surface area contributed by atoms with Gasteiger partial charge in [0.25, 0.3) is 0 Å². The predicted octanol–water partition coefficient (Wildman–Crippen LogP) is 4.11. The molecule has 3 nitrogen and oxygen atoms in total. The van der Waals surface area contributed by atoms with E-state index < -0.39 is 0 Å². The Hall–Kier alpha value is -1.45. The van der Waals surface area contributed by atoms with Gasteiger partial charge in [0, 0.05) is 5.56 Å². The van der Waals surface area contributed by atoms with Crippen LogP contribution >= 0.6 is 11.6 Å². The number of halogens is 1. The fourth-order valence-corrected chi connectivity index (χ4v) is 2.14. The Kier molecular flexibility index (Phi) is 4.88. The Morgan fingerprint density at radius 3 is 2.89 bits per heavy atom. The van der Waals surface area contributed by atoms with Gasteiger partial charge in [-0.25, -0.2) is 0 Å². The highest BCUT2D eigenvalue weighted by Gasteiger charge is 2.10. The van der Waals surface area contributed by atoms with Gasteiger partial charge < -0.3 is 14.5 Å². The van der Waals surface area contributed by atoms with Crippen molar-refractivity contribution in [2.45, 2.75) is 19.9 Å². The van der Waals surface area contributed by atoms with E-state index >= 15 is 0 Å². The molecule has 0 aliphatic rings. The van der Waals surface area contributed by atoms with Gasteiger partial charge in [-0.15, -0.1) is 0 Å². The van der Waals surface area contributed by atoms with Crippen LogP contribution in [0.3, 0.4) is 0 Å². The average Bonchev–Trinajstić information content (AvgIpc) is 2.88. The van der Waals surface area contributed by atoms with Crippen molar-refractivity contribution in [1.29, 1.82) is 0 Å². The van der Waals surface area contributed by atoms with Crippen molar-refractivity contribution in [1.82, 2.24) is 5.32 Å². The normalized spacial score (nSPS) is 10.7. The molecule has 19 heavy (non-hydrogen) atoms. The van der Waals surface area contributed by atoms with Crippen molar-refractivity contribution < 1.29 is 9.15 Å². The molecule has 0 saturated carbocycles. The summed E-state index contributed by atoms with van der Waals surface area (Å²) in [6.45, 7) is 3.84. The molecule has 1 aromatic heterocycles. The van der Waals surface area contributed by atoms with Crippen LogP contribution in [0.15, 0.2) is 34.9 Å². The van der Waals surface area contributed by atoms with Gasteiger partial charge in [0.05, 0.1) is 24.9 Å². The first-order valence-electron chi connectivity index (χ1n) is 6.37. The highest BCUT2D eigenvalue weighted by atomic mass is 35.5. The molecule has 2 aromatic rings. The van der Waals surface area contributed by atoms with Gasteiger partial charge >= 0.3 is 0 Å². The molecule has 1 N–H and O–H groups in total. The molecule has 0 bridgehead atoms. The quantitative estimate of drug-likeness (QED) is 0.808. The highest BCUT2D eigenvalue weighted by molar-refractivity contribution is 6.32. The van der Waals surface area contributed by atoms with E-state index in [-0.39, 0.29) is 0 Å². The van der Waals surface area contributed by atoms with Gasteiger partial charge in [0.15, 0.2) is 0 Å². The Balaban J connectivity index is 2.24. The minimum Gasteiger partial charge on any atom is -0.495 e. The van der Waals surface area contributed by atoms with Crippen LogP contribution < -0.4 is 10.1 Å². The van der Waals surface area contributed by atoms with E-state index in [0.717, 1.165) is 36.4 Å². The van der Waals surface area contributed by atoms with Crippen molar-refractivity contribution in [3.05, 3.63) is 41.3 Å². The van der Waals surface area contributed by atoms with Gasteiger partial charge in [-0.1, -0.05) is 24.6 Å². The molecular formula is C15H18ClNO2. The maximum atomic E-state index is 6.04. The lowest BCUT2D eigenvalue weighted by molar-refractivity contribution is 0.415. The third-order valence-corrected chi connectivity index (χ3v) is 3.23. The fourth-order valence-electron chi connectivity index (χ4n) is 1.94. The number of nitrogens with one attached hydrogen (secondary N) is 1. The van der Waals surface area contributed by atoms with Crippen LogP contribution in [0.1, 0.15) is 19.1 Å². The number of furan rings is 1. The zero-order chi connectivity index (χ0) is 13.7. The molecule has 1 aromatic carbocycles. The van der Waals surface area contributed by atoms with Crippen LogP contribution in [0.5, 0.6) is 5.75 Å². The van der Waals surface area contributed by atoms with Gasteiger partial charge in [-0.05, 0) is 36.7 Å². The van der Waals surface area contributed by atoms with Crippen LogP contribution in [0.25, 0.3) is 11.1 Å². The first-order chi connectivity index (χ1) is 9.26. The van der Waals surface area contributed by atoms with E-state index in [9.17, 15) is 0 Å². The number of rotatable bonds is 6. The van der Waals surface area contributed by atoms with E-state index in [1.54, 1.807) is 13.4 Å². The summed E-state index contributed by atoms with van der Waals surface area (Å²) in [5.41, 5.74) is 2.11. The molecule has 0 unspecified atom stereocenters. The van der Waals surface area contributed by atoms with Crippen LogP contribution in [0.2, 0.25) is 5.02 Å². The Morgan fingerprint density at radius 1 is 1.32 bits per heavy atom. The first kappa shape index (κ1) is 14.0. The lowest BCUT2D eigenvalue weighted by Gasteiger charge is -2.07. The summed E-state index contributed by atoms with van der Waals surface area (Å²) in [4.78, 5) is 0. The second-order valence-corrected chi connectivity index (χ2v) is 4.69. The molecule has 0 atom stereocenters. The van der Waals surface area contributed by atoms with Crippen molar-refractivity contribution in [3.8, 4) is 16.9 Å². The van der Waals surface area contributed by atoms with E-state index in [0.29, 0.717) is 10.8 Å². The SMILES string of the molecule is CCCNCc1occc1-c1ccc(Cl)c(OC)c1. The van der Waals surface area contributed by atoms with E-state index in [1.807, 2.05) is 24.3 Å². The highest BCUT2D eigenvalue weighted by Crippen LogP contribution is 2.32. The van der Waals surface area contributed by atoms with E-state index in [2.05, 4.69) is 12.2 Å². The number of benzene rings is 1. The molecule has 0 aliphatic carbocycles. The Labute approximate surface area is 118 Å². The second-order valence-electron chi connectivity index (χ2n) is 4.28. The monoisotopic (exact) mass is 279 g/mol. The van der Waals surface area contributed by atoms with Gasteiger partial charge in [0.1, 0.15) is 11.5 Å². The molecule has 0 aliphatic heterocycles. The molecule has 0 saturated heterocycles. The molecule has 0 radical (unpaired) electrons. The zero-order valence-electron chi connectivity index (χ0n) is 11.2. The number of hydrogen-bond acceptors (Lipinski definition) is 3. The molecular weight excluding hydrogens is 262 g/mol. The number of hydrogen-bond donors (Lipinski definition) is 1. The Bertz CT molecular complexity index is 537. The summed E-state index contributed by atoms with van der Waals surface area (Å²) in [6.07, 6.45) is 2.81. The number of ether oxygens (including phenoxy) is 1. The molecule has 0 amide bonds. The Morgan fingerprint density at radius 2 is 2.16 bits per heavy atom. The smallest absolute Gasteiger partial charge is 0.138 e. The maximum absolute atomic E-state index is 6.04. The topological polar surface area (TPSA) is 34.4 Å². The van der Waals surface area contributed by atoms with E-state index in [4.69, 9.17) is 20.8 Å². The van der Waals surface area contributed by atoms with E-state index in [1.165, 1.54) is 0 Å². The molecule has 4 heteroatoms. The van der Waals surface area contributed by atoms with Crippen molar-refractivity contribution in [3.63, 3.8) is 0 Å². The lowest BCUT2D eigenvalue weighted by atomic mass is 10.1. The summed E-state index contributed by atoms with van der Waals surface area (Å²) in [7, 11) is 1.62. The predicted molar refractivity (Wildman–Crippen MR) is 77.7 cm³/mol. The van der Waals surface area contributed by atoms with Crippen molar-refractivity contribution in [2.75, 3.05) is 13.7 Å². The van der Waals surface area contributed by atoms with Crippen molar-refractivity contribution >= 4 is 11.6 Å². The maximum Gasteiger partial charge on any atom is 0.138 e. The third-order valence-electron chi connectivity index (χ3n) is 2.92. The molecule has 1 heterocycles. The van der Waals surface area contributed by atoms with Crippen LogP contribution in [-0.4, -0.2) is 13.7 Å². The van der Waals surface area contributed by atoms with Gasteiger partial charge in [0.2, 0.25) is 0 Å². The third kappa shape index (κ3) is 3.31. The fraction of sp³-hybridized carbons (Fsp3) is 0.333. The van der Waals surface area contributed by atoms with Gasteiger partial charge in [-0.3, -0.25) is 0 Å². The lowest BCUT2D eigenvalue weighted by Crippen LogP contribution is -2.13. The summed E-state index contributed by atoms with van der Waals surface area (Å²) in [5, 5.41) is 3.95. The number of methoxy groups -OCH3 is 1. The summed E-state index contributed by atoms with van der Waals surface area (Å²) in [5.74, 6) is 1.60.